The van der Waals surface area contributed by atoms with E-state index in [1.54, 1.807) is 11.0 Å². The fraction of sp³-hybridized carbons (Fsp3) is 0.640. The average molecular weight is 480 g/mol. The number of halogens is 3. The minimum absolute atomic E-state index is 0.0531. The summed E-state index contributed by atoms with van der Waals surface area (Å²) < 4.78 is 38.9. The van der Waals surface area contributed by atoms with Gasteiger partial charge in [0.05, 0.1) is 11.5 Å². The summed E-state index contributed by atoms with van der Waals surface area (Å²) >= 11 is 0. The molecule has 0 aromatic heterocycles. The third-order valence-corrected chi connectivity index (χ3v) is 7.44. The van der Waals surface area contributed by atoms with Gasteiger partial charge in [0.2, 0.25) is 17.7 Å². The van der Waals surface area contributed by atoms with Crippen LogP contribution < -0.4 is 0 Å². The molecule has 0 N–H and O–H groups in total. The van der Waals surface area contributed by atoms with Gasteiger partial charge in [-0.15, -0.1) is 0 Å². The zero-order valence-corrected chi connectivity index (χ0v) is 19.5. The molecule has 3 saturated heterocycles. The molecule has 0 bridgehead atoms. The highest BCUT2D eigenvalue weighted by Gasteiger charge is 2.39. The monoisotopic (exact) mass is 479 g/mol. The second-order valence-corrected chi connectivity index (χ2v) is 9.98. The topological polar surface area (TPSA) is 60.9 Å². The van der Waals surface area contributed by atoms with Crippen LogP contribution >= 0.6 is 0 Å². The first-order valence-corrected chi connectivity index (χ1v) is 12.1. The van der Waals surface area contributed by atoms with Gasteiger partial charge in [-0.2, -0.15) is 13.2 Å². The lowest BCUT2D eigenvalue weighted by atomic mass is 9.92. The number of alkyl halides is 3. The molecule has 0 radical (unpaired) electrons. The molecule has 6 nitrogen and oxygen atoms in total. The Bertz CT molecular complexity index is 919. The SMILES string of the molecule is CC1CCN(C(=O)C2CCN(C(=O)C3CC(=O)N(Cc4cccc(C(F)(F)F)c4)C3)CC2)CC1. The standard InChI is InChI=1S/C25H32F3N3O3/c1-17-5-9-29(10-6-17)23(33)19-7-11-30(12-8-19)24(34)20-14-22(32)31(16-20)15-18-3-2-4-21(13-18)25(26,27)28/h2-4,13,17,19-20H,5-12,14-16H2,1H3. The molecule has 186 valence electrons. The molecule has 3 fully saturated rings. The maximum Gasteiger partial charge on any atom is 0.416 e. The van der Waals surface area contributed by atoms with Gasteiger partial charge in [0.25, 0.3) is 0 Å². The highest BCUT2D eigenvalue weighted by atomic mass is 19.4. The Morgan fingerprint density at radius 3 is 2.15 bits per heavy atom. The lowest BCUT2D eigenvalue weighted by Gasteiger charge is -2.37. The van der Waals surface area contributed by atoms with Crippen molar-refractivity contribution in [2.24, 2.45) is 17.8 Å². The van der Waals surface area contributed by atoms with Gasteiger partial charge < -0.3 is 14.7 Å². The molecule has 34 heavy (non-hydrogen) atoms. The lowest BCUT2D eigenvalue weighted by molar-refractivity contribution is -0.143. The second-order valence-electron chi connectivity index (χ2n) is 9.98. The number of nitrogens with zero attached hydrogens (tertiary/aromatic N) is 3. The lowest BCUT2D eigenvalue weighted by Crippen LogP contribution is -2.47. The molecule has 9 heteroatoms. The molecule has 1 atom stereocenters. The van der Waals surface area contributed by atoms with Gasteiger partial charge in [0.15, 0.2) is 0 Å². The first kappa shape index (κ1) is 24.5. The Labute approximate surface area is 198 Å². The predicted octanol–water partition coefficient (Wildman–Crippen LogP) is 3.55. The molecular formula is C25H32F3N3O3. The van der Waals surface area contributed by atoms with E-state index in [4.69, 9.17) is 0 Å². The smallest absolute Gasteiger partial charge is 0.342 e. The molecule has 3 aliphatic rings. The number of likely N-dealkylation sites (tertiary alicyclic amines) is 3. The highest BCUT2D eigenvalue weighted by molar-refractivity contribution is 5.89. The Morgan fingerprint density at radius 2 is 1.53 bits per heavy atom. The van der Waals surface area contributed by atoms with Gasteiger partial charge in [-0.25, -0.2) is 0 Å². The van der Waals surface area contributed by atoms with E-state index < -0.39 is 17.7 Å². The number of rotatable bonds is 4. The number of carbonyl (C=O) groups excluding carboxylic acids is 3. The van der Waals surface area contributed by atoms with Gasteiger partial charge in [0, 0.05) is 51.6 Å². The third kappa shape index (κ3) is 5.55. The largest absolute Gasteiger partial charge is 0.416 e. The van der Waals surface area contributed by atoms with Crippen LogP contribution in [0.15, 0.2) is 24.3 Å². The van der Waals surface area contributed by atoms with Crippen LogP contribution in [-0.4, -0.2) is 65.1 Å². The van der Waals surface area contributed by atoms with Crippen molar-refractivity contribution in [2.45, 2.75) is 51.7 Å². The van der Waals surface area contributed by atoms with E-state index >= 15 is 0 Å². The van der Waals surface area contributed by atoms with Gasteiger partial charge in [-0.05, 0) is 49.3 Å². The molecule has 3 aliphatic heterocycles. The van der Waals surface area contributed by atoms with Gasteiger partial charge in [0.1, 0.15) is 0 Å². The minimum atomic E-state index is -4.44. The van der Waals surface area contributed by atoms with Crippen molar-refractivity contribution < 1.29 is 27.6 Å². The van der Waals surface area contributed by atoms with E-state index in [9.17, 15) is 27.6 Å². The fourth-order valence-corrected chi connectivity index (χ4v) is 5.25. The first-order chi connectivity index (χ1) is 16.1. The molecule has 3 amide bonds. The Kier molecular flexibility index (Phi) is 7.19. The number of hydrogen-bond acceptors (Lipinski definition) is 3. The van der Waals surface area contributed by atoms with E-state index in [1.807, 2.05) is 4.90 Å². The maximum absolute atomic E-state index is 13.0. The molecule has 4 rings (SSSR count). The molecule has 0 aliphatic carbocycles. The summed E-state index contributed by atoms with van der Waals surface area (Å²) in [5.74, 6) is -0.0139. The van der Waals surface area contributed by atoms with Crippen LogP contribution in [0.4, 0.5) is 13.2 Å². The molecule has 1 aromatic rings. The summed E-state index contributed by atoms with van der Waals surface area (Å²) in [6.07, 6.45) is -1.03. The third-order valence-electron chi connectivity index (χ3n) is 7.44. The quantitative estimate of drug-likeness (QED) is 0.664. The van der Waals surface area contributed by atoms with Crippen LogP contribution in [0, 0.1) is 17.8 Å². The van der Waals surface area contributed by atoms with Crippen LogP contribution in [0.1, 0.15) is 50.2 Å². The predicted molar refractivity (Wildman–Crippen MR) is 119 cm³/mol. The number of hydrogen-bond donors (Lipinski definition) is 0. The molecule has 1 unspecified atom stereocenters. The average Bonchev–Trinajstić information content (AvgIpc) is 3.18. The van der Waals surface area contributed by atoms with Crippen molar-refractivity contribution in [3.8, 4) is 0 Å². The second kappa shape index (κ2) is 9.96. The highest BCUT2D eigenvalue weighted by Crippen LogP contribution is 2.31. The van der Waals surface area contributed by atoms with Gasteiger partial charge >= 0.3 is 6.18 Å². The molecule has 0 saturated carbocycles. The van der Waals surface area contributed by atoms with Crippen LogP contribution in [0.5, 0.6) is 0 Å². The summed E-state index contributed by atoms with van der Waals surface area (Å²) in [6, 6.07) is 4.94. The fourth-order valence-electron chi connectivity index (χ4n) is 5.25. The normalized spacial score (nSPS) is 23.0. The minimum Gasteiger partial charge on any atom is -0.342 e. The van der Waals surface area contributed by atoms with E-state index in [0.717, 1.165) is 38.1 Å². The zero-order valence-electron chi connectivity index (χ0n) is 19.5. The number of carbonyl (C=O) groups is 3. The Balaban J connectivity index is 1.28. The summed E-state index contributed by atoms with van der Waals surface area (Å²) in [5, 5.41) is 0. The van der Waals surface area contributed by atoms with Crippen LogP contribution in [0.2, 0.25) is 0 Å². The Hall–Kier alpha value is -2.58. The van der Waals surface area contributed by atoms with Crippen LogP contribution in [-0.2, 0) is 27.1 Å². The summed E-state index contributed by atoms with van der Waals surface area (Å²) in [4.78, 5) is 43.5. The van der Waals surface area contributed by atoms with Crippen molar-refractivity contribution in [3.05, 3.63) is 35.4 Å². The number of benzene rings is 1. The molecule has 3 heterocycles. The first-order valence-electron chi connectivity index (χ1n) is 12.1. The van der Waals surface area contributed by atoms with Crippen LogP contribution in [0.25, 0.3) is 0 Å². The molecule has 1 aromatic carbocycles. The van der Waals surface area contributed by atoms with E-state index in [0.29, 0.717) is 37.4 Å². The van der Waals surface area contributed by atoms with Gasteiger partial charge in [-0.1, -0.05) is 19.1 Å². The number of piperidine rings is 2. The number of amides is 3. The van der Waals surface area contributed by atoms with E-state index in [1.165, 1.54) is 11.0 Å². The summed E-state index contributed by atoms with van der Waals surface area (Å²) in [7, 11) is 0. The van der Waals surface area contributed by atoms with E-state index in [-0.39, 0.29) is 43.1 Å². The zero-order chi connectivity index (χ0) is 24.5. The Morgan fingerprint density at radius 1 is 0.941 bits per heavy atom. The van der Waals surface area contributed by atoms with Gasteiger partial charge in [-0.3, -0.25) is 14.4 Å². The maximum atomic E-state index is 13.0. The molecular weight excluding hydrogens is 447 g/mol. The van der Waals surface area contributed by atoms with Crippen LogP contribution in [0.3, 0.4) is 0 Å². The van der Waals surface area contributed by atoms with Crippen molar-refractivity contribution in [1.29, 1.82) is 0 Å². The van der Waals surface area contributed by atoms with Crippen molar-refractivity contribution in [2.75, 3.05) is 32.7 Å². The molecule has 0 spiro atoms. The van der Waals surface area contributed by atoms with Crippen molar-refractivity contribution in [1.82, 2.24) is 14.7 Å². The summed E-state index contributed by atoms with van der Waals surface area (Å²) in [5.41, 5.74) is -0.358. The van der Waals surface area contributed by atoms with E-state index in [2.05, 4.69) is 6.92 Å². The van der Waals surface area contributed by atoms with Crippen molar-refractivity contribution >= 4 is 17.7 Å². The summed E-state index contributed by atoms with van der Waals surface area (Å²) in [6.45, 7) is 5.09. The van der Waals surface area contributed by atoms with Crippen molar-refractivity contribution in [3.63, 3.8) is 0 Å².